The van der Waals surface area contributed by atoms with Crippen LogP contribution in [0.2, 0.25) is 0 Å². The number of anilines is 2. The number of nitrogens with one attached hydrogen (secondary N) is 1. The van der Waals surface area contributed by atoms with Crippen LogP contribution in [0.25, 0.3) is 16.8 Å². The Morgan fingerprint density at radius 1 is 0.968 bits per heavy atom. The third kappa shape index (κ3) is 5.42. The maximum atomic E-state index is 11.8. The maximum Gasteiger partial charge on any atom is 0.294 e. The van der Waals surface area contributed by atoms with Crippen LogP contribution in [0.3, 0.4) is 0 Å². The number of rotatable bonds is 6. The van der Waals surface area contributed by atoms with E-state index in [0.29, 0.717) is 28.9 Å². The van der Waals surface area contributed by atoms with Crippen LogP contribution in [-0.4, -0.2) is 25.9 Å². The Hall–Kier alpha value is -2.92. The Balaban J connectivity index is 2.30. The van der Waals surface area contributed by atoms with Gasteiger partial charge >= 0.3 is 0 Å². The summed E-state index contributed by atoms with van der Waals surface area (Å²) in [5.41, 5.74) is 8.89. The molecule has 0 aliphatic heterocycles. The second-order valence-electron chi connectivity index (χ2n) is 7.35. The quantitative estimate of drug-likeness (QED) is 0.318. The fraction of sp³-hybridized carbons (Fsp3) is 0.143. The number of benzene rings is 3. The number of nitrogen functional groups attached to an aromatic ring is 1. The number of hydrogen-bond acceptors (Lipinski definition) is 6. The molecule has 8 nitrogen and oxygen atoms in total. The van der Waals surface area contributed by atoms with Crippen molar-refractivity contribution in [1.82, 2.24) is 0 Å². The van der Waals surface area contributed by atoms with E-state index in [1.165, 1.54) is 12.1 Å². The molecule has 0 spiro atoms. The Morgan fingerprint density at radius 3 is 2.13 bits per heavy atom. The lowest BCUT2D eigenvalue weighted by Crippen LogP contribution is -2.06. The lowest BCUT2D eigenvalue weighted by atomic mass is 10.0. The molecule has 0 bridgehead atoms. The summed E-state index contributed by atoms with van der Waals surface area (Å²) >= 11 is 0. The SMILES string of the molecule is CC(C)=Cc1cc(S(=O)(=O)O)cc2cc(S(=O)(=O)O)cc(NCc3cccc(N)c3)c12. The summed E-state index contributed by atoms with van der Waals surface area (Å²) < 4.78 is 66.3. The first kappa shape index (κ1) is 22.8. The summed E-state index contributed by atoms with van der Waals surface area (Å²) in [6.45, 7) is 3.93. The Kier molecular flexibility index (Phi) is 6.10. The minimum Gasteiger partial charge on any atom is -0.399 e. The van der Waals surface area contributed by atoms with E-state index < -0.39 is 25.1 Å². The van der Waals surface area contributed by atoms with Gasteiger partial charge in [-0.2, -0.15) is 16.8 Å². The number of allylic oxidation sites excluding steroid dienone is 1. The van der Waals surface area contributed by atoms with Crippen molar-refractivity contribution in [2.45, 2.75) is 30.2 Å². The smallest absolute Gasteiger partial charge is 0.294 e. The molecule has 5 N–H and O–H groups in total. The summed E-state index contributed by atoms with van der Waals surface area (Å²) in [6.07, 6.45) is 1.72. The molecule has 0 aromatic heterocycles. The van der Waals surface area contributed by atoms with E-state index in [9.17, 15) is 25.9 Å². The van der Waals surface area contributed by atoms with Gasteiger partial charge in [-0.1, -0.05) is 23.8 Å². The maximum absolute atomic E-state index is 11.8. The van der Waals surface area contributed by atoms with E-state index in [-0.39, 0.29) is 10.3 Å². The van der Waals surface area contributed by atoms with E-state index in [2.05, 4.69) is 5.32 Å². The molecule has 0 unspecified atom stereocenters. The van der Waals surface area contributed by atoms with E-state index in [1.54, 1.807) is 24.3 Å². The molecule has 0 saturated heterocycles. The van der Waals surface area contributed by atoms with Crippen LogP contribution in [0.5, 0.6) is 0 Å². The highest BCUT2D eigenvalue weighted by molar-refractivity contribution is 7.86. The van der Waals surface area contributed by atoms with Crippen LogP contribution in [-0.2, 0) is 26.8 Å². The zero-order valence-corrected chi connectivity index (χ0v) is 18.5. The molecular weight excluding hydrogens is 440 g/mol. The van der Waals surface area contributed by atoms with Crippen molar-refractivity contribution in [2.75, 3.05) is 11.1 Å². The van der Waals surface area contributed by atoms with Crippen LogP contribution in [0.1, 0.15) is 25.0 Å². The van der Waals surface area contributed by atoms with Crippen LogP contribution in [0.4, 0.5) is 11.4 Å². The van der Waals surface area contributed by atoms with Crippen LogP contribution in [0, 0.1) is 0 Å². The van der Waals surface area contributed by atoms with Gasteiger partial charge in [-0.25, -0.2) is 0 Å². The van der Waals surface area contributed by atoms with Crippen molar-refractivity contribution in [3.63, 3.8) is 0 Å². The van der Waals surface area contributed by atoms with E-state index in [0.717, 1.165) is 23.3 Å². The first-order valence-electron chi connectivity index (χ1n) is 9.14. The van der Waals surface area contributed by atoms with Gasteiger partial charge in [0.25, 0.3) is 20.2 Å². The van der Waals surface area contributed by atoms with Gasteiger partial charge in [-0.05, 0) is 66.8 Å². The van der Waals surface area contributed by atoms with Gasteiger partial charge < -0.3 is 11.1 Å². The van der Waals surface area contributed by atoms with Gasteiger partial charge in [0.1, 0.15) is 0 Å². The number of nitrogens with two attached hydrogens (primary N) is 1. The minimum atomic E-state index is -4.58. The predicted molar refractivity (Wildman–Crippen MR) is 121 cm³/mol. The molecule has 10 heteroatoms. The van der Waals surface area contributed by atoms with E-state index >= 15 is 0 Å². The second-order valence-corrected chi connectivity index (χ2v) is 10.2. The standard InChI is InChI=1S/C21H22N2O6S2/c1-13(2)6-15-8-18(30(24,25)26)9-16-10-19(31(27,28)29)11-20(21(15)16)23-12-14-4-3-5-17(22)7-14/h3-11,23H,12,22H2,1-2H3,(H,24,25,26)(H,27,28,29). The van der Waals surface area contributed by atoms with Crippen LogP contribution in [0.15, 0.2) is 63.9 Å². The molecule has 3 aromatic carbocycles. The summed E-state index contributed by atoms with van der Waals surface area (Å²) in [6, 6.07) is 12.0. The Bertz CT molecular complexity index is 1400. The van der Waals surface area contributed by atoms with Gasteiger partial charge in [-0.3, -0.25) is 9.11 Å². The zero-order valence-electron chi connectivity index (χ0n) is 16.8. The zero-order chi connectivity index (χ0) is 23.0. The monoisotopic (exact) mass is 462 g/mol. The van der Waals surface area contributed by atoms with Crippen LogP contribution < -0.4 is 11.1 Å². The fourth-order valence-electron chi connectivity index (χ4n) is 3.26. The first-order valence-corrected chi connectivity index (χ1v) is 12.0. The normalized spacial score (nSPS) is 12.0. The molecule has 0 heterocycles. The molecule has 0 amide bonds. The summed E-state index contributed by atoms with van der Waals surface area (Å²) in [4.78, 5) is -0.799. The largest absolute Gasteiger partial charge is 0.399 e. The van der Waals surface area contributed by atoms with Crippen molar-refractivity contribution in [3.05, 3.63) is 65.2 Å². The molecule has 0 aliphatic carbocycles. The first-order chi connectivity index (χ1) is 14.3. The summed E-state index contributed by atoms with van der Waals surface area (Å²) in [5, 5.41) is 3.89. The number of fused-ring (bicyclic) bond motifs is 1. The highest BCUT2D eigenvalue weighted by atomic mass is 32.2. The fourth-order valence-corrected chi connectivity index (χ4v) is 4.35. The van der Waals surface area contributed by atoms with Gasteiger partial charge in [0.2, 0.25) is 0 Å². The highest BCUT2D eigenvalue weighted by Crippen LogP contribution is 2.34. The van der Waals surface area contributed by atoms with Gasteiger partial charge in [0, 0.05) is 23.3 Å². The van der Waals surface area contributed by atoms with Crippen molar-refractivity contribution >= 4 is 48.5 Å². The molecule has 3 aromatic rings. The molecule has 31 heavy (non-hydrogen) atoms. The minimum absolute atomic E-state index is 0.216. The van der Waals surface area contributed by atoms with Crippen molar-refractivity contribution in [3.8, 4) is 0 Å². The lowest BCUT2D eigenvalue weighted by molar-refractivity contribution is 0.481. The Morgan fingerprint density at radius 2 is 1.58 bits per heavy atom. The van der Waals surface area contributed by atoms with Gasteiger partial charge in [0.15, 0.2) is 0 Å². The molecule has 0 fully saturated rings. The van der Waals surface area contributed by atoms with Gasteiger partial charge in [0.05, 0.1) is 9.79 Å². The molecule has 0 atom stereocenters. The number of hydrogen-bond donors (Lipinski definition) is 4. The summed E-state index contributed by atoms with van der Waals surface area (Å²) in [5.74, 6) is 0. The molecule has 0 aliphatic rings. The van der Waals surface area contributed by atoms with Gasteiger partial charge in [-0.15, -0.1) is 0 Å². The average molecular weight is 463 g/mol. The second kappa shape index (κ2) is 8.31. The lowest BCUT2D eigenvalue weighted by Gasteiger charge is -2.15. The summed E-state index contributed by atoms with van der Waals surface area (Å²) in [7, 11) is -9.13. The molecule has 0 saturated carbocycles. The predicted octanol–water partition coefficient (Wildman–Crippen LogP) is 3.95. The highest BCUT2D eigenvalue weighted by Gasteiger charge is 2.19. The molecule has 3 rings (SSSR count). The molecular formula is C21H22N2O6S2. The third-order valence-electron chi connectivity index (χ3n) is 4.50. The average Bonchev–Trinajstić information content (AvgIpc) is 2.63. The van der Waals surface area contributed by atoms with Crippen molar-refractivity contribution < 1.29 is 25.9 Å². The van der Waals surface area contributed by atoms with E-state index in [4.69, 9.17) is 5.73 Å². The van der Waals surface area contributed by atoms with Crippen molar-refractivity contribution in [1.29, 1.82) is 0 Å². The topological polar surface area (TPSA) is 147 Å². The Labute approximate surface area is 180 Å². The van der Waals surface area contributed by atoms with E-state index in [1.807, 2.05) is 19.9 Å². The van der Waals surface area contributed by atoms with Crippen LogP contribution >= 0.6 is 0 Å². The van der Waals surface area contributed by atoms with Crippen molar-refractivity contribution in [2.24, 2.45) is 0 Å². The molecule has 164 valence electrons. The third-order valence-corrected chi connectivity index (χ3v) is 6.16. The molecule has 0 radical (unpaired) electrons.